The summed E-state index contributed by atoms with van der Waals surface area (Å²) in [4.78, 5) is 31.5. The van der Waals surface area contributed by atoms with Gasteiger partial charge >= 0.3 is 6.18 Å². The minimum Gasteiger partial charge on any atom is -0.356 e. The van der Waals surface area contributed by atoms with Crippen molar-refractivity contribution in [2.24, 2.45) is 0 Å². The van der Waals surface area contributed by atoms with Crippen molar-refractivity contribution >= 4 is 23.2 Å². The standard InChI is InChI=1S/C28H27F3N4O2/c29-28(30,31)22-7-4-8-24(17-22)32-23-11-9-21(10-12-23)27(37)35-18-25(19-35)33-13-15-34(16-14-33)26(36)20-5-2-1-3-6-20/h1-12,17,25,32H,13-16,18-19H2. The molecule has 0 unspecified atom stereocenters. The summed E-state index contributed by atoms with van der Waals surface area (Å²) >= 11 is 0. The third kappa shape index (κ3) is 5.61. The number of hydrogen-bond acceptors (Lipinski definition) is 4. The molecule has 1 N–H and O–H groups in total. The van der Waals surface area contributed by atoms with Gasteiger partial charge in [-0.3, -0.25) is 14.5 Å². The van der Waals surface area contributed by atoms with Crippen molar-refractivity contribution in [2.45, 2.75) is 12.2 Å². The van der Waals surface area contributed by atoms with Crippen LogP contribution in [0.4, 0.5) is 24.5 Å². The first-order valence-electron chi connectivity index (χ1n) is 12.2. The Balaban J connectivity index is 1.10. The van der Waals surface area contributed by atoms with Gasteiger partial charge in [0, 0.05) is 67.8 Å². The first-order chi connectivity index (χ1) is 17.8. The van der Waals surface area contributed by atoms with Gasteiger partial charge in [0.05, 0.1) is 5.56 Å². The quantitative estimate of drug-likeness (QED) is 0.542. The van der Waals surface area contributed by atoms with Crippen LogP contribution in [0.2, 0.25) is 0 Å². The van der Waals surface area contributed by atoms with Crippen molar-refractivity contribution < 1.29 is 22.8 Å². The zero-order valence-electron chi connectivity index (χ0n) is 20.1. The van der Waals surface area contributed by atoms with E-state index in [0.29, 0.717) is 48.7 Å². The normalized spacial score (nSPS) is 16.8. The summed E-state index contributed by atoms with van der Waals surface area (Å²) in [5.41, 5.74) is 1.44. The van der Waals surface area contributed by atoms with E-state index >= 15 is 0 Å². The lowest BCUT2D eigenvalue weighted by molar-refractivity contribution is -0.137. The summed E-state index contributed by atoms with van der Waals surface area (Å²) in [5.74, 6) is -0.0172. The predicted octanol–water partition coefficient (Wildman–Crippen LogP) is 4.73. The molecule has 2 aliphatic heterocycles. The number of nitrogens with zero attached hydrogens (tertiary/aromatic N) is 3. The molecule has 0 aromatic heterocycles. The molecule has 5 rings (SSSR count). The Hall–Kier alpha value is -3.85. The molecule has 9 heteroatoms. The summed E-state index contributed by atoms with van der Waals surface area (Å²) < 4.78 is 38.8. The zero-order valence-corrected chi connectivity index (χ0v) is 20.1. The highest BCUT2D eigenvalue weighted by molar-refractivity contribution is 5.95. The topological polar surface area (TPSA) is 55.9 Å². The van der Waals surface area contributed by atoms with Gasteiger partial charge in [-0.25, -0.2) is 0 Å². The minimum absolute atomic E-state index is 0.0525. The molecular formula is C28H27F3N4O2. The van der Waals surface area contributed by atoms with E-state index in [2.05, 4.69) is 10.2 Å². The fourth-order valence-corrected chi connectivity index (χ4v) is 4.72. The van der Waals surface area contributed by atoms with E-state index in [0.717, 1.165) is 25.2 Å². The van der Waals surface area contributed by atoms with Crippen LogP contribution in [0.1, 0.15) is 26.3 Å². The van der Waals surface area contributed by atoms with Crippen molar-refractivity contribution in [2.75, 3.05) is 44.6 Å². The van der Waals surface area contributed by atoms with Crippen LogP contribution in [0.25, 0.3) is 0 Å². The van der Waals surface area contributed by atoms with Gasteiger partial charge in [-0.2, -0.15) is 13.2 Å². The van der Waals surface area contributed by atoms with Crippen LogP contribution in [-0.4, -0.2) is 71.8 Å². The maximum absolute atomic E-state index is 12.9. The van der Waals surface area contributed by atoms with Crippen molar-refractivity contribution in [3.8, 4) is 0 Å². The van der Waals surface area contributed by atoms with Crippen LogP contribution in [0, 0.1) is 0 Å². The third-order valence-electron chi connectivity index (χ3n) is 6.90. The van der Waals surface area contributed by atoms with E-state index in [1.54, 1.807) is 35.2 Å². The Morgan fingerprint density at radius 1 is 0.703 bits per heavy atom. The maximum atomic E-state index is 12.9. The molecule has 0 radical (unpaired) electrons. The lowest BCUT2D eigenvalue weighted by Crippen LogP contribution is -2.64. The highest BCUT2D eigenvalue weighted by Gasteiger charge is 2.37. The molecule has 3 aromatic carbocycles. The number of likely N-dealkylation sites (tertiary alicyclic amines) is 1. The van der Waals surface area contributed by atoms with Gasteiger partial charge in [-0.05, 0) is 54.6 Å². The van der Waals surface area contributed by atoms with Crippen molar-refractivity contribution in [3.63, 3.8) is 0 Å². The number of carbonyl (C=O) groups is 2. The summed E-state index contributed by atoms with van der Waals surface area (Å²) in [7, 11) is 0. The largest absolute Gasteiger partial charge is 0.416 e. The fourth-order valence-electron chi connectivity index (χ4n) is 4.72. The van der Waals surface area contributed by atoms with Crippen molar-refractivity contribution in [3.05, 3.63) is 95.6 Å². The van der Waals surface area contributed by atoms with Crippen LogP contribution in [-0.2, 0) is 6.18 Å². The molecule has 0 bridgehead atoms. The number of benzene rings is 3. The highest BCUT2D eigenvalue weighted by Crippen LogP contribution is 2.31. The van der Waals surface area contributed by atoms with Crippen LogP contribution in [0.3, 0.4) is 0 Å². The molecule has 0 aliphatic carbocycles. The molecule has 2 saturated heterocycles. The molecule has 6 nitrogen and oxygen atoms in total. The highest BCUT2D eigenvalue weighted by atomic mass is 19.4. The molecule has 0 spiro atoms. The number of hydrogen-bond donors (Lipinski definition) is 1. The van der Waals surface area contributed by atoms with E-state index in [1.807, 2.05) is 35.2 Å². The van der Waals surface area contributed by atoms with Crippen molar-refractivity contribution in [1.82, 2.24) is 14.7 Å². The lowest BCUT2D eigenvalue weighted by atomic mass is 10.0. The number of anilines is 2. The van der Waals surface area contributed by atoms with Crippen LogP contribution in [0.15, 0.2) is 78.9 Å². The number of piperazine rings is 1. The van der Waals surface area contributed by atoms with Gasteiger partial charge in [0.25, 0.3) is 11.8 Å². The van der Waals surface area contributed by atoms with E-state index in [1.165, 1.54) is 6.07 Å². The van der Waals surface area contributed by atoms with E-state index in [4.69, 9.17) is 0 Å². The van der Waals surface area contributed by atoms with Crippen molar-refractivity contribution in [1.29, 1.82) is 0 Å². The van der Waals surface area contributed by atoms with Gasteiger partial charge in [0.1, 0.15) is 0 Å². The SMILES string of the molecule is O=C(c1ccccc1)N1CCN(C2CN(C(=O)c3ccc(Nc4cccc(C(F)(F)F)c4)cc3)C2)CC1. The van der Waals surface area contributed by atoms with Gasteiger partial charge in [0.2, 0.25) is 0 Å². The van der Waals surface area contributed by atoms with E-state index in [9.17, 15) is 22.8 Å². The Morgan fingerprint density at radius 3 is 1.97 bits per heavy atom. The van der Waals surface area contributed by atoms with Gasteiger partial charge in [-0.15, -0.1) is 0 Å². The summed E-state index contributed by atoms with van der Waals surface area (Å²) in [6.07, 6.45) is -4.41. The first-order valence-corrected chi connectivity index (χ1v) is 12.2. The predicted molar refractivity (Wildman–Crippen MR) is 135 cm³/mol. The Kier molecular flexibility index (Phi) is 6.88. The molecule has 3 aromatic rings. The second-order valence-electron chi connectivity index (χ2n) is 9.34. The number of amides is 2. The lowest BCUT2D eigenvalue weighted by Gasteiger charge is -2.48. The maximum Gasteiger partial charge on any atom is 0.416 e. The molecular weight excluding hydrogens is 481 g/mol. The molecule has 2 fully saturated rings. The van der Waals surface area contributed by atoms with Gasteiger partial charge in [0.15, 0.2) is 0 Å². The number of halogens is 3. The third-order valence-corrected chi connectivity index (χ3v) is 6.90. The average Bonchev–Trinajstić information content (AvgIpc) is 2.88. The minimum atomic E-state index is -4.41. The Morgan fingerprint density at radius 2 is 1.32 bits per heavy atom. The second-order valence-corrected chi connectivity index (χ2v) is 9.34. The molecule has 0 saturated carbocycles. The first kappa shape index (κ1) is 24.8. The number of alkyl halides is 3. The van der Waals surface area contributed by atoms with E-state index < -0.39 is 11.7 Å². The van der Waals surface area contributed by atoms with Crippen LogP contribution < -0.4 is 5.32 Å². The zero-order chi connectivity index (χ0) is 26.0. The average molecular weight is 509 g/mol. The Labute approximate surface area is 213 Å². The monoisotopic (exact) mass is 508 g/mol. The summed E-state index contributed by atoms with van der Waals surface area (Å²) in [6.45, 7) is 4.16. The van der Waals surface area contributed by atoms with Crippen LogP contribution >= 0.6 is 0 Å². The molecule has 2 amide bonds. The van der Waals surface area contributed by atoms with Gasteiger partial charge < -0.3 is 15.1 Å². The Bertz CT molecular complexity index is 1250. The molecule has 192 valence electrons. The second kappa shape index (κ2) is 10.3. The number of carbonyl (C=O) groups excluding carboxylic acids is 2. The fraction of sp³-hybridized carbons (Fsp3) is 0.286. The van der Waals surface area contributed by atoms with Crippen LogP contribution in [0.5, 0.6) is 0 Å². The number of nitrogens with one attached hydrogen (secondary N) is 1. The summed E-state index contributed by atoms with van der Waals surface area (Å²) in [6, 6.07) is 21.3. The summed E-state index contributed by atoms with van der Waals surface area (Å²) in [5, 5.41) is 2.95. The molecule has 2 aliphatic rings. The molecule has 37 heavy (non-hydrogen) atoms. The molecule has 0 atom stereocenters. The van der Waals surface area contributed by atoms with E-state index in [-0.39, 0.29) is 17.9 Å². The van der Waals surface area contributed by atoms with Gasteiger partial charge in [-0.1, -0.05) is 24.3 Å². The molecule has 2 heterocycles. The smallest absolute Gasteiger partial charge is 0.356 e. The number of rotatable bonds is 5.